The second-order valence-electron chi connectivity index (χ2n) is 2.11. The lowest BCUT2D eigenvalue weighted by molar-refractivity contribution is 0.111. The fourth-order valence-electron chi connectivity index (χ4n) is 0.754. The Morgan fingerprint density at radius 1 is 1.82 bits per heavy atom. The molecule has 1 aromatic heterocycles. The van der Waals surface area contributed by atoms with E-state index in [-0.39, 0.29) is 0 Å². The second-order valence-corrected chi connectivity index (χ2v) is 2.11. The summed E-state index contributed by atoms with van der Waals surface area (Å²) >= 11 is 0. The van der Waals surface area contributed by atoms with Crippen molar-refractivity contribution in [3.05, 3.63) is 18.2 Å². The van der Waals surface area contributed by atoms with Crippen LogP contribution in [0.25, 0.3) is 0 Å². The predicted molar refractivity (Wildman–Crippen MR) is 41.1 cm³/mol. The van der Waals surface area contributed by atoms with Crippen molar-refractivity contribution >= 4 is 6.29 Å². The third-order valence-corrected chi connectivity index (χ3v) is 1.29. The van der Waals surface area contributed by atoms with Crippen molar-refractivity contribution in [3.63, 3.8) is 0 Å². The molecule has 0 aliphatic heterocycles. The fraction of sp³-hybridized carbons (Fsp3) is 0.250. The van der Waals surface area contributed by atoms with Crippen molar-refractivity contribution in [2.24, 2.45) is 0 Å². The number of terminal acetylenes is 1. The number of hydrogen-bond acceptors (Lipinski definition) is 2. The second kappa shape index (κ2) is 3.57. The normalized spacial score (nSPS) is 9.00. The maximum atomic E-state index is 10.2. The number of carbonyl (C=O) groups excluding carboxylic acids is 1. The molecular formula is C8H8N2O. The smallest absolute Gasteiger partial charge is 0.169 e. The van der Waals surface area contributed by atoms with Crippen molar-refractivity contribution < 1.29 is 4.79 Å². The molecule has 1 heterocycles. The van der Waals surface area contributed by atoms with E-state index in [0.717, 1.165) is 6.54 Å². The molecule has 0 saturated heterocycles. The Morgan fingerprint density at radius 3 is 3.18 bits per heavy atom. The van der Waals surface area contributed by atoms with Gasteiger partial charge in [0.05, 0.1) is 6.33 Å². The summed E-state index contributed by atoms with van der Waals surface area (Å²) in [5, 5.41) is 0. The number of aryl methyl sites for hydroxylation is 1. The van der Waals surface area contributed by atoms with Gasteiger partial charge in [-0.15, -0.1) is 12.3 Å². The van der Waals surface area contributed by atoms with Crippen molar-refractivity contribution in [2.45, 2.75) is 13.0 Å². The van der Waals surface area contributed by atoms with Crippen LogP contribution in [0.4, 0.5) is 0 Å². The topological polar surface area (TPSA) is 34.9 Å². The molecule has 0 aliphatic carbocycles. The highest BCUT2D eigenvalue weighted by molar-refractivity contribution is 5.70. The van der Waals surface area contributed by atoms with E-state index < -0.39 is 0 Å². The zero-order valence-corrected chi connectivity index (χ0v) is 6.03. The minimum atomic E-state index is 0.446. The van der Waals surface area contributed by atoms with E-state index in [9.17, 15) is 4.79 Å². The van der Waals surface area contributed by atoms with Gasteiger partial charge in [-0.05, 0) is 0 Å². The van der Waals surface area contributed by atoms with Crippen molar-refractivity contribution in [3.8, 4) is 12.3 Å². The van der Waals surface area contributed by atoms with Gasteiger partial charge in [0.1, 0.15) is 5.69 Å². The molecule has 56 valence electrons. The number of hydrogen-bond donors (Lipinski definition) is 0. The highest BCUT2D eigenvalue weighted by Crippen LogP contribution is 1.93. The van der Waals surface area contributed by atoms with Gasteiger partial charge in [0.15, 0.2) is 6.29 Å². The summed E-state index contributed by atoms with van der Waals surface area (Å²) in [6.07, 6.45) is 9.71. The van der Waals surface area contributed by atoms with E-state index in [1.165, 1.54) is 0 Å². The molecule has 3 heteroatoms. The highest BCUT2D eigenvalue weighted by atomic mass is 16.1. The monoisotopic (exact) mass is 148 g/mol. The van der Waals surface area contributed by atoms with Gasteiger partial charge in [0, 0.05) is 19.2 Å². The quantitative estimate of drug-likeness (QED) is 0.467. The van der Waals surface area contributed by atoms with Crippen molar-refractivity contribution in [1.82, 2.24) is 9.55 Å². The first kappa shape index (κ1) is 7.55. The van der Waals surface area contributed by atoms with E-state index in [1.807, 2.05) is 0 Å². The Bertz CT molecular complexity index is 283. The van der Waals surface area contributed by atoms with Gasteiger partial charge in [-0.1, -0.05) is 0 Å². The van der Waals surface area contributed by atoms with Crippen LogP contribution in [0.2, 0.25) is 0 Å². The molecule has 11 heavy (non-hydrogen) atoms. The third kappa shape index (κ3) is 1.94. The summed E-state index contributed by atoms with van der Waals surface area (Å²) in [5.74, 6) is 2.51. The van der Waals surface area contributed by atoms with Crippen LogP contribution in [0.3, 0.4) is 0 Å². The Labute approximate surface area is 65.1 Å². The van der Waals surface area contributed by atoms with Crippen LogP contribution >= 0.6 is 0 Å². The number of carbonyl (C=O) groups is 1. The Hall–Kier alpha value is -1.56. The van der Waals surface area contributed by atoms with Gasteiger partial charge >= 0.3 is 0 Å². The predicted octanol–water partition coefficient (Wildman–Crippen LogP) is 0.719. The van der Waals surface area contributed by atoms with Gasteiger partial charge in [0.25, 0.3) is 0 Å². The van der Waals surface area contributed by atoms with Gasteiger partial charge in [-0.2, -0.15) is 0 Å². The summed E-state index contributed by atoms with van der Waals surface area (Å²) < 4.78 is 1.80. The van der Waals surface area contributed by atoms with Crippen molar-refractivity contribution in [2.75, 3.05) is 0 Å². The van der Waals surface area contributed by atoms with Crippen LogP contribution in [0, 0.1) is 12.3 Å². The minimum absolute atomic E-state index is 0.446. The number of aromatic nitrogens is 2. The summed E-state index contributed by atoms with van der Waals surface area (Å²) in [6, 6.07) is 0. The van der Waals surface area contributed by atoms with Crippen molar-refractivity contribution in [1.29, 1.82) is 0 Å². The summed E-state index contributed by atoms with van der Waals surface area (Å²) in [5.41, 5.74) is 0.446. The molecule has 0 fully saturated rings. The zero-order chi connectivity index (χ0) is 8.10. The lowest BCUT2D eigenvalue weighted by Crippen LogP contribution is -1.91. The van der Waals surface area contributed by atoms with Gasteiger partial charge in [-0.25, -0.2) is 4.98 Å². The molecule has 0 spiro atoms. The largest absolute Gasteiger partial charge is 0.336 e. The Kier molecular flexibility index (Phi) is 2.45. The SMILES string of the molecule is C#CCCn1cnc(C=O)c1. The van der Waals surface area contributed by atoms with Gasteiger partial charge < -0.3 is 4.57 Å². The lowest BCUT2D eigenvalue weighted by atomic mass is 10.4. The fourth-order valence-corrected chi connectivity index (χ4v) is 0.754. The summed E-state index contributed by atoms with van der Waals surface area (Å²) in [6.45, 7) is 0.720. The first-order valence-corrected chi connectivity index (χ1v) is 3.27. The zero-order valence-electron chi connectivity index (χ0n) is 6.03. The van der Waals surface area contributed by atoms with E-state index in [4.69, 9.17) is 6.42 Å². The molecule has 0 aliphatic rings. The average Bonchev–Trinajstić information content (AvgIpc) is 2.48. The molecule has 0 N–H and O–H groups in total. The first-order chi connectivity index (χ1) is 5.36. The lowest BCUT2D eigenvalue weighted by Gasteiger charge is -1.93. The number of rotatable bonds is 3. The maximum absolute atomic E-state index is 10.2. The molecule has 0 unspecified atom stereocenters. The average molecular weight is 148 g/mol. The van der Waals surface area contributed by atoms with Crippen LogP contribution in [0.15, 0.2) is 12.5 Å². The van der Waals surface area contributed by atoms with Gasteiger partial charge in [0.2, 0.25) is 0 Å². The van der Waals surface area contributed by atoms with Crippen LogP contribution in [-0.4, -0.2) is 15.8 Å². The standard InChI is InChI=1S/C8H8N2O/c1-2-3-4-10-5-8(6-11)9-7-10/h1,5-7H,3-4H2. The Morgan fingerprint density at radius 2 is 2.64 bits per heavy atom. The molecule has 0 bridgehead atoms. The molecule has 0 atom stereocenters. The first-order valence-electron chi connectivity index (χ1n) is 3.27. The molecule has 1 rings (SSSR count). The number of imidazole rings is 1. The van der Waals surface area contributed by atoms with Crippen LogP contribution in [-0.2, 0) is 6.54 Å². The Balaban J connectivity index is 2.59. The minimum Gasteiger partial charge on any atom is -0.336 e. The molecule has 1 aromatic rings. The number of nitrogens with zero attached hydrogens (tertiary/aromatic N) is 2. The summed E-state index contributed by atoms with van der Waals surface area (Å²) in [7, 11) is 0. The molecule has 0 saturated carbocycles. The van der Waals surface area contributed by atoms with Crippen LogP contribution in [0.1, 0.15) is 16.9 Å². The maximum Gasteiger partial charge on any atom is 0.169 e. The molecule has 3 nitrogen and oxygen atoms in total. The van der Waals surface area contributed by atoms with E-state index in [0.29, 0.717) is 18.4 Å². The van der Waals surface area contributed by atoms with E-state index in [2.05, 4.69) is 10.9 Å². The molecule has 0 aromatic carbocycles. The van der Waals surface area contributed by atoms with E-state index in [1.54, 1.807) is 17.1 Å². The van der Waals surface area contributed by atoms with Crippen LogP contribution in [0.5, 0.6) is 0 Å². The molecule has 0 radical (unpaired) electrons. The van der Waals surface area contributed by atoms with Gasteiger partial charge in [-0.3, -0.25) is 4.79 Å². The molecular weight excluding hydrogens is 140 g/mol. The number of aldehydes is 1. The van der Waals surface area contributed by atoms with Crippen LogP contribution < -0.4 is 0 Å². The van der Waals surface area contributed by atoms with E-state index >= 15 is 0 Å². The third-order valence-electron chi connectivity index (χ3n) is 1.29. The highest BCUT2D eigenvalue weighted by Gasteiger charge is 1.93. The summed E-state index contributed by atoms with van der Waals surface area (Å²) in [4.78, 5) is 14.0. The molecule has 0 amide bonds.